The number of nitrogens with zero attached hydrogens (tertiary/aromatic N) is 1. The normalized spacial score (nSPS) is 13.3. The van der Waals surface area contributed by atoms with Crippen LogP contribution >= 0.6 is 0 Å². The molecule has 0 fully saturated rings. The molecule has 0 saturated heterocycles. The first-order valence-electron chi connectivity index (χ1n) is 6.44. The molecule has 0 aliphatic heterocycles. The molecular weight excluding hydrogens is 243 g/mol. The maximum absolute atomic E-state index is 13.3. The Hall–Kier alpha value is -0.740. The molecule has 0 N–H and O–H groups in total. The molecule has 0 aromatic heterocycles. The molecule has 0 heterocycles. The van der Waals surface area contributed by atoms with Gasteiger partial charge in [-0.25, -0.2) is 0 Å². The van der Waals surface area contributed by atoms with E-state index >= 15 is 0 Å². The van der Waals surface area contributed by atoms with Crippen molar-refractivity contribution in [2.75, 3.05) is 0 Å². The summed E-state index contributed by atoms with van der Waals surface area (Å²) in [5.74, 6) is -0.801. The van der Waals surface area contributed by atoms with Gasteiger partial charge in [0.05, 0.1) is 0 Å². The first-order valence-corrected chi connectivity index (χ1v) is 6.44. The Bertz CT molecular complexity index is 272. The standard InChI is InChI=1S/C13H24F3NO/c1-7-12(8-2,13(14,15)16)11(18)17(9(3)4)10(5)6/h9-10H,7-8H2,1-6H3. The maximum atomic E-state index is 13.3. The molecule has 2 nitrogen and oxygen atoms in total. The van der Waals surface area contributed by atoms with Crippen LogP contribution in [0.5, 0.6) is 0 Å². The molecule has 0 aliphatic rings. The predicted molar refractivity (Wildman–Crippen MR) is 66.2 cm³/mol. The van der Waals surface area contributed by atoms with Crippen molar-refractivity contribution in [1.82, 2.24) is 4.90 Å². The van der Waals surface area contributed by atoms with Gasteiger partial charge in [-0.15, -0.1) is 0 Å². The van der Waals surface area contributed by atoms with Gasteiger partial charge in [-0.1, -0.05) is 13.8 Å². The minimum absolute atomic E-state index is 0.220. The Morgan fingerprint density at radius 3 is 1.50 bits per heavy atom. The molecule has 18 heavy (non-hydrogen) atoms. The lowest BCUT2D eigenvalue weighted by Crippen LogP contribution is -2.55. The second-order valence-corrected chi connectivity index (χ2v) is 5.19. The van der Waals surface area contributed by atoms with Gasteiger partial charge in [-0.05, 0) is 40.5 Å². The molecule has 0 unspecified atom stereocenters. The molecular formula is C13H24F3NO. The smallest absolute Gasteiger partial charge is 0.337 e. The zero-order valence-corrected chi connectivity index (χ0v) is 12.1. The predicted octanol–water partition coefficient (Wildman–Crippen LogP) is 4.00. The maximum Gasteiger partial charge on any atom is 0.403 e. The van der Waals surface area contributed by atoms with E-state index in [0.717, 1.165) is 0 Å². The van der Waals surface area contributed by atoms with Gasteiger partial charge in [0.1, 0.15) is 5.41 Å². The van der Waals surface area contributed by atoms with Gasteiger partial charge in [0.15, 0.2) is 0 Å². The van der Waals surface area contributed by atoms with Gasteiger partial charge < -0.3 is 4.90 Å². The lowest BCUT2D eigenvalue weighted by atomic mass is 9.79. The summed E-state index contributed by atoms with van der Waals surface area (Å²) in [7, 11) is 0. The van der Waals surface area contributed by atoms with Crippen molar-refractivity contribution in [3.8, 4) is 0 Å². The van der Waals surface area contributed by atoms with Crippen molar-refractivity contribution in [1.29, 1.82) is 0 Å². The van der Waals surface area contributed by atoms with Crippen molar-refractivity contribution in [3.63, 3.8) is 0 Å². The highest BCUT2D eigenvalue weighted by Gasteiger charge is 2.59. The van der Waals surface area contributed by atoms with Crippen LogP contribution in [0, 0.1) is 5.41 Å². The number of alkyl halides is 3. The molecule has 0 saturated carbocycles. The van der Waals surface area contributed by atoms with Gasteiger partial charge in [-0.3, -0.25) is 4.79 Å². The van der Waals surface area contributed by atoms with Crippen LogP contribution in [-0.4, -0.2) is 29.1 Å². The number of carbonyl (C=O) groups excluding carboxylic acids is 1. The fraction of sp³-hybridized carbons (Fsp3) is 0.923. The molecule has 0 aliphatic carbocycles. The van der Waals surface area contributed by atoms with E-state index in [1.165, 1.54) is 18.7 Å². The number of carbonyl (C=O) groups is 1. The Balaban J connectivity index is 5.58. The summed E-state index contributed by atoms with van der Waals surface area (Å²) in [6, 6.07) is -0.477. The highest BCUT2D eigenvalue weighted by atomic mass is 19.4. The van der Waals surface area contributed by atoms with Crippen LogP contribution in [-0.2, 0) is 4.79 Å². The topological polar surface area (TPSA) is 20.3 Å². The van der Waals surface area contributed by atoms with Crippen molar-refractivity contribution in [3.05, 3.63) is 0 Å². The third kappa shape index (κ3) is 2.98. The van der Waals surface area contributed by atoms with Crippen molar-refractivity contribution >= 4 is 5.91 Å². The summed E-state index contributed by atoms with van der Waals surface area (Å²) in [4.78, 5) is 13.7. The summed E-state index contributed by atoms with van der Waals surface area (Å²) in [5, 5.41) is 0. The lowest BCUT2D eigenvalue weighted by molar-refractivity contribution is -0.231. The van der Waals surface area contributed by atoms with Crippen LogP contribution in [0.4, 0.5) is 13.2 Å². The summed E-state index contributed by atoms with van der Waals surface area (Å²) in [5.41, 5.74) is -2.25. The molecule has 0 spiro atoms. The Labute approximate surface area is 108 Å². The van der Waals surface area contributed by atoms with Crippen molar-refractivity contribution in [2.45, 2.75) is 72.6 Å². The van der Waals surface area contributed by atoms with Crippen LogP contribution in [0.1, 0.15) is 54.4 Å². The number of rotatable bonds is 5. The number of hydrogen-bond acceptors (Lipinski definition) is 1. The van der Waals surface area contributed by atoms with E-state index in [-0.39, 0.29) is 24.9 Å². The lowest BCUT2D eigenvalue weighted by Gasteiger charge is -2.41. The van der Waals surface area contributed by atoms with Gasteiger partial charge >= 0.3 is 6.18 Å². The van der Waals surface area contributed by atoms with Crippen molar-refractivity contribution < 1.29 is 18.0 Å². The highest BCUT2D eigenvalue weighted by Crippen LogP contribution is 2.45. The van der Waals surface area contributed by atoms with E-state index in [1.54, 1.807) is 27.7 Å². The first kappa shape index (κ1) is 17.3. The van der Waals surface area contributed by atoms with E-state index in [0.29, 0.717) is 0 Å². The Morgan fingerprint density at radius 1 is 1.00 bits per heavy atom. The average Bonchev–Trinajstić information content (AvgIpc) is 2.16. The third-order valence-corrected chi connectivity index (χ3v) is 3.51. The number of hydrogen-bond donors (Lipinski definition) is 0. The molecule has 0 atom stereocenters. The van der Waals surface area contributed by atoms with Gasteiger partial charge in [0.2, 0.25) is 5.91 Å². The molecule has 0 aromatic carbocycles. The summed E-state index contributed by atoms with van der Waals surface area (Å²) >= 11 is 0. The molecule has 0 radical (unpaired) electrons. The highest BCUT2D eigenvalue weighted by molar-refractivity contribution is 5.84. The zero-order valence-electron chi connectivity index (χ0n) is 12.1. The first-order chi connectivity index (χ1) is 8.05. The average molecular weight is 267 g/mol. The van der Waals surface area contributed by atoms with Crippen LogP contribution in [0.3, 0.4) is 0 Å². The quantitative estimate of drug-likeness (QED) is 0.737. The SMILES string of the molecule is CCC(CC)(C(=O)N(C(C)C)C(C)C)C(F)(F)F. The third-order valence-electron chi connectivity index (χ3n) is 3.51. The summed E-state index contributed by atoms with van der Waals surface area (Å²) in [6.45, 7) is 9.81. The van der Waals surface area contributed by atoms with Crippen LogP contribution in [0.25, 0.3) is 0 Å². The van der Waals surface area contributed by atoms with Crippen LogP contribution in [0.2, 0.25) is 0 Å². The van der Waals surface area contributed by atoms with Crippen LogP contribution in [0.15, 0.2) is 0 Å². The number of amides is 1. The molecule has 0 aromatic rings. The molecule has 0 rings (SSSR count). The molecule has 5 heteroatoms. The van der Waals surface area contributed by atoms with E-state index < -0.39 is 17.5 Å². The minimum Gasteiger partial charge on any atom is -0.337 e. The fourth-order valence-corrected chi connectivity index (χ4v) is 2.39. The second-order valence-electron chi connectivity index (χ2n) is 5.19. The van der Waals surface area contributed by atoms with E-state index in [1.807, 2.05) is 0 Å². The van der Waals surface area contributed by atoms with Gasteiger partial charge in [-0.2, -0.15) is 13.2 Å². The second kappa shape index (κ2) is 5.93. The van der Waals surface area contributed by atoms with E-state index in [9.17, 15) is 18.0 Å². The van der Waals surface area contributed by atoms with Gasteiger partial charge in [0.25, 0.3) is 0 Å². The largest absolute Gasteiger partial charge is 0.403 e. The fourth-order valence-electron chi connectivity index (χ4n) is 2.39. The van der Waals surface area contributed by atoms with E-state index in [2.05, 4.69) is 0 Å². The Kier molecular flexibility index (Phi) is 5.69. The zero-order chi connectivity index (χ0) is 14.7. The van der Waals surface area contributed by atoms with Crippen LogP contribution < -0.4 is 0 Å². The van der Waals surface area contributed by atoms with Gasteiger partial charge in [0, 0.05) is 12.1 Å². The minimum atomic E-state index is -4.50. The molecule has 0 bridgehead atoms. The van der Waals surface area contributed by atoms with E-state index in [4.69, 9.17) is 0 Å². The van der Waals surface area contributed by atoms with Crippen molar-refractivity contribution in [2.24, 2.45) is 5.41 Å². The monoisotopic (exact) mass is 267 g/mol. The molecule has 108 valence electrons. The molecule has 1 amide bonds. The Morgan fingerprint density at radius 2 is 1.33 bits per heavy atom. The summed E-state index contributed by atoms with van der Waals surface area (Å²) in [6.07, 6.45) is -4.95. The number of halogens is 3. The summed E-state index contributed by atoms with van der Waals surface area (Å²) < 4.78 is 39.8.